The molecule has 66 valence electrons. The fourth-order valence-electron chi connectivity index (χ4n) is 0.869. The van der Waals surface area contributed by atoms with Gasteiger partial charge in [0.2, 0.25) is 5.91 Å². The molecule has 0 aliphatic heterocycles. The first-order valence-electron chi connectivity index (χ1n) is 4.06. The highest BCUT2D eigenvalue weighted by molar-refractivity contribution is 5.80. The van der Waals surface area contributed by atoms with E-state index < -0.39 is 6.10 Å². The first-order valence-corrected chi connectivity index (χ1v) is 4.06. The largest absolute Gasteiger partial charge is 0.384 e. The van der Waals surface area contributed by atoms with Gasteiger partial charge in [0.25, 0.3) is 0 Å². The van der Waals surface area contributed by atoms with Crippen LogP contribution in [0.3, 0.4) is 0 Å². The van der Waals surface area contributed by atoms with Crippen molar-refractivity contribution in [3.05, 3.63) is 0 Å². The van der Waals surface area contributed by atoms with Crippen molar-refractivity contribution in [3.63, 3.8) is 0 Å². The molecule has 3 heteroatoms. The zero-order valence-corrected chi connectivity index (χ0v) is 7.42. The molecule has 0 aliphatic carbocycles. The summed E-state index contributed by atoms with van der Waals surface area (Å²) in [7, 11) is 0. The third-order valence-corrected chi connectivity index (χ3v) is 1.49. The fourth-order valence-corrected chi connectivity index (χ4v) is 0.869. The van der Waals surface area contributed by atoms with Crippen LogP contribution in [0.4, 0.5) is 0 Å². The third kappa shape index (κ3) is 4.79. The Morgan fingerprint density at radius 2 is 2.09 bits per heavy atom. The van der Waals surface area contributed by atoms with Crippen LogP contribution in [0, 0.1) is 0 Å². The van der Waals surface area contributed by atoms with Crippen molar-refractivity contribution in [1.82, 2.24) is 5.32 Å². The Morgan fingerprint density at radius 3 is 2.45 bits per heavy atom. The van der Waals surface area contributed by atoms with Crippen LogP contribution in [0.15, 0.2) is 0 Å². The van der Waals surface area contributed by atoms with Crippen LogP contribution in [0.5, 0.6) is 0 Å². The van der Waals surface area contributed by atoms with Gasteiger partial charge in [0, 0.05) is 6.04 Å². The monoisotopic (exact) mass is 159 g/mol. The van der Waals surface area contributed by atoms with E-state index in [1.165, 1.54) is 6.92 Å². The molecule has 0 unspecified atom stereocenters. The van der Waals surface area contributed by atoms with E-state index >= 15 is 0 Å². The summed E-state index contributed by atoms with van der Waals surface area (Å²) in [5.41, 5.74) is 0. The van der Waals surface area contributed by atoms with Crippen molar-refractivity contribution in [2.45, 2.75) is 45.8 Å². The van der Waals surface area contributed by atoms with Gasteiger partial charge < -0.3 is 10.4 Å². The zero-order valence-electron chi connectivity index (χ0n) is 7.42. The highest BCUT2D eigenvalue weighted by atomic mass is 16.3. The van der Waals surface area contributed by atoms with E-state index in [0.717, 1.165) is 12.8 Å². The van der Waals surface area contributed by atoms with E-state index in [1.54, 1.807) is 0 Å². The number of carbonyl (C=O) groups is 1. The molecule has 0 aromatic carbocycles. The van der Waals surface area contributed by atoms with Gasteiger partial charge >= 0.3 is 0 Å². The first kappa shape index (κ1) is 10.4. The lowest BCUT2D eigenvalue weighted by Crippen LogP contribution is -2.38. The summed E-state index contributed by atoms with van der Waals surface area (Å²) >= 11 is 0. The van der Waals surface area contributed by atoms with Crippen LogP contribution in [-0.4, -0.2) is 23.2 Å². The summed E-state index contributed by atoms with van der Waals surface area (Å²) in [6, 6.07) is 0.169. The Hall–Kier alpha value is -0.570. The summed E-state index contributed by atoms with van der Waals surface area (Å²) in [5, 5.41) is 11.5. The molecule has 0 saturated carbocycles. The molecule has 2 atom stereocenters. The second kappa shape index (κ2) is 5.13. The molecule has 0 heterocycles. The van der Waals surface area contributed by atoms with Crippen molar-refractivity contribution in [3.8, 4) is 0 Å². The second-order valence-corrected chi connectivity index (χ2v) is 2.87. The number of hydrogen-bond donors (Lipinski definition) is 2. The molecule has 0 bridgehead atoms. The Labute approximate surface area is 67.8 Å². The highest BCUT2D eigenvalue weighted by Gasteiger charge is 2.10. The van der Waals surface area contributed by atoms with Crippen molar-refractivity contribution >= 4 is 5.91 Å². The smallest absolute Gasteiger partial charge is 0.248 e. The lowest BCUT2D eigenvalue weighted by atomic mass is 10.2. The van der Waals surface area contributed by atoms with Crippen molar-refractivity contribution in [1.29, 1.82) is 0 Å². The van der Waals surface area contributed by atoms with Gasteiger partial charge in [0.15, 0.2) is 0 Å². The van der Waals surface area contributed by atoms with Crippen LogP contribution in [-0.2, 0) is 4.79 Å². The normalized spacial score (nSPS) is 15.6. The summed E-state index contributed by atoms with van der Waals surface area (Å²) in [5.74, 6) is -0.286. The van der Waals surface area contributed by atoms with Crippen LogP contribution in [0.2, 0.25) is 0 Å². The summed E-state index contributed by atoms with van der Waals surface area (Å²) < 4.78 is 0. The first-order chi connectivity index (χ1) is 5.07. The molecule has 1 amide bonds. The van der Waals surface area contributed by atoms with Gasteiger partial charge in [-0.25, -0.2) is 0 Å². The van der Waals surface area contributed by atoms with Gasteiger partial charge in [0.05, 0.1) is 0 Å². The number of carbonyl (C=O) groups excluding carboxylic acids is 1. The lowest BCUT2D eigenvalue weighted by Gasteiger charge is -2.13. The van der Waals surface area contributed by atoms with E-state index in [2.05, 4.69) is 12.2 Å². The molecule has 0 rings (SSSR count). The molecule has 2 N–H and O–H groups in total. The van der Waals surface area contributed by atoms with Crippen LogP contribution in [0.25, 0.3) is 0 Å². The maximum absolute atomic E-state index is 10.9. The number of rotatable bonds is 4. The minimum atomic E-state index is -0.894. The highest BCUT2D eigenvalue weighted by Crippen LogP contribution is 1.95. The number of nitrogens with one attached hydrogen (secondary N) is 1. The van der Waals surface area contributed by atoms with Crippen molar-refractivity contribution in [2.24, 2.45) is 0 Å². The topological polar surface area (TPSA) is 49.3 Å². The minimum absolute atomic E-state index is 0.169. The average Bonchev–Trinajstić information content (AvgIpc) is 1.87. The Kier molecular flexibility index (Phi) is 4.86. The number of aliphatic hydroxyl groups excluding tert-OH is 1. The van der Waals surface area contributed by atoms with E-state index in [0.29, 0.717) is 0 Å². The van der Waals surface area contributed by atoms with Crippen molar-refractivity contribution in [2.75, 3.05) is 0 Å². The van der Waals surface area contributed by atoms with Gasteiger partial charge in [-0.2, -0.15) is 0 Å². The summed E-state index contributed by atoms with van der Waals surface area (Å²) in [6.07, 6.45) is 1.11. The standard InChI is InChI=1S/C8H17NO2/c1-4-5-6(2)9-8(11)7(3)10/h6-7,10H,4-5H2,1-3H3,(H,9,11)/t6-,7-/m0/s1. The van der Waals surface area contributed by atoms with Gasteiger partial charge in [-0.3, -0.25) is 4.79 Å². The molecule has 0 aromatic rings. The summed E-state index contributed by atoms with van der Waals surface area (Å²) in [4.78, 5) is 10.9. The lowest BCUT2D eigenvalue weighted by molar-refractivity contribution is -0.129. The minimum Gasteiger partial charge on any atom is -0.384 e. The van der Waals surface area contributed by atoms with E-state index in [-0.39, 0.29) is 11.9 Å². The fraction of sp³-hybridized carbons (Fsp3) is 0.875. The maximum Gasteiger partial charge on any atom is 0.248 e. The molecule has 0 spiro atoms. The van der Waals surface area contributed by atoms with Crippen LogP contribution >= 0.6 is 0 Å². The molecule has 0 saturated heterocycles. The molecular formula is C8H17NO2. The van der Waals surface area contributed by atoms with Crippen LogP contribution in [0.1, 0.15) is 33.6 Å². The molecular weight excluding hydrogens is 142 g/mol. The number of hydrogen-bond acceptors (Lipinski definition) is 2. The second-order valence-electron chi connectivity index (χ2n) is 2.87. The van der Waals surface area contributed by atoms with Gasteiger partial charge in [-0.05, 0) is 20.3 Å². The number of aliphatic hydroxyl groups is 1. The Morgan fingerprint density at radius 1 is 1.55 bits per heavy atom. The quantitative estimate of drug-likeness (QED) is 0.633. The van der Waals surface area contributed by atoms with Crippen LogP contribution < -0.4 is 5.32 Å². The number of amides is 1. The summed E-state index contributed by atoms with van der Waals surface area (Å²) in [6.45, 7) is 5.46. The predicted molar refractivity (Wildman–Crippen MR) is 44.2 cm³/mol. The third-order valence-electron chi connectivity index (χ3n) is 1.49. The Bertz CT molecular complexity index is 123. The maximum atomic E-state index is 10.9. The van der Waals surface area contributed by atoms with E-state index in [1.807, 2.05) is 6.92 Å². The predicted octanol–water partition coefficient (Wildman–Crippen LogP) is 0.672. The Balaban J connectivity index is 3.57. The molecule has 0 fully saturated rings. The van der Waals surface area contributed by atoms with Gasteiger partial charge in [-0.15, -0.1) is 0 Å². The van der Waals surface area contributed by atoms with Gasteiger partial charge in [-0.1, -0.05) is 13.3 Å². The zero-order chi connectivity index (χ0) is 8.85. The van der Waals surface area contributed by atoms with Crippen molar-refractivity contribution < 1.29 is 9.90 Å². The van der Waals surface area contributed by atoms with Gasteiger partial charge in [0.1, 0.15) is 6.10 Å². The molecule has 0 radical (unpaired) electrons. The average molecular weight is 159 g/mol. The molecule has 0 aromatic heterocycles. The molecule has 3 nitrogen and oxygen atoms in total. The van der Waals surface area contributed by atoms with E-state index in [9.17, 15) is 4.79 Å². The van der Waals surface area contributed by atoms with E-state index in [4.69, 9.17) is 5.11 Å². The molecule has 0 aliphatic rings. The SMILES string of the molecule is CCC[C@H](C)NC(=O)[C@H](C)O. The molecule has 11 heavy (non-hydrogen) atoms.